The molecule has 0 spiro atoms. The molecule has 1 aliphatic rings. The minimum absolute atomic E-state index is 0.246. The van der Waals surface area contributed by atoms with Gasteiger partial charge in [-0.1, -0.05) is 6.07 Å². The maximum atomic E-state index is 13.9. The Labute approximate surface area is 143 Å². The number of hydrogen-bond acceptors (Lipinski definition) is 4. The molecule has 0 aliphatic carbocycles. The van der Waals surface area contributed by atoms with Crippen molar-refractivity contribution < 1.29 is 9.13 Å². The molecule has 1 heterocycles. The molecule has 1 aromatic carbocycles. The maximum absolute atomic E-state index is 13.9. The van der Waals surface area contributed by atoms with Gasteiger partial charge in [0, 0.05) is 33.7 Å². The number of nitrogens with two attached hydrogens (primary N) is 1. The highest BCUT2D eigenvalue weighted by Crippen LogP contribution is 2.18. The number of anilines is 1. The first-order valence-corrected chi connectivity index (χ1v) is 8.36. The number of nitrogens with one attached hydrogen (secondary N) is 1. The number of rotatable bonds is 7. The smallest absolute Gasteiger partial charge is 0.188 e. The van der Waals surface area contributed by atoms with E-state index in [1.54, 1.807) is 11.0 Å². The van der Waals surface area contributed by atoms with Crippen molar-refractivity contribution in [1.29, 1.82) is 0 Å². The molecular weight excluding hydrogens is 309 g/mol. The van der Waals surface area contributed by atoms with Crippen LogP contribution in [0.25, 0.3) is 0 Å². The summed E-state index contributed by atoms with van der Waals surface area (Å²) in [5.41, 5.74) is 7.23. The van der Waals surface area contributed by atoms with Gasteiger partial charge in [0.1, 0.15) is 5.82 Å². The molecular formula is C17H28FN5O. The van der Waals surface area contributed by atoms with Crippen LogP contribution < -0.4 is 16.0 Å². The van der Waals surface area contributed by atoms with E-state index < -0.39 is 0 Å². The molecule has 134 valence electrons. The number of aliphatic imine (C=N–C) groups is 1. The summed E-state index contributed by atoms with van der Waals surface area (Å²) in [6, 6.07) is 5.13. The van der Waals surface area contributed by atoms with E-state index >= 15 is 0 Å². The molecule has 1 fully saturated rings. The average Bonchev–Trinajstić information content (AvgIpc) is 2.57. The SMILES string of the molecule is CN(C)c1ccc(CN=C(N)NCCCN2CCOCC2)cc1F. The zero-order valence-electron chi connectivity index (χ0n) is 14.6. The van der Waals surface area contributed by atoms with Gasteiger partial charge in [-0.25, -0.2) is 9.38 Å². The van der Waals surface area contributed by atoms with Crippen LogP contribution in [0.5, 0.6) is 0 Å². The van der Waals surface area contributed by atoms with Gasteiger partial charge in [0.05, 0.1) is 25.4 Å². The molecule has 6 nitrogen and oxygen atoms in total. The van der Waals surface area contributed by atoms with Crippen LogP contribution in [0.2, 0.25) is 0 Å². The third kappa shape index (κ3) is 5.98. The highest BCUT2D eigenvalue weighted by molar-refractivity contribution is 5.77. The topological polar surface area (TPSA) is 66.1 Å². The molecule has 2 rings (SSSR count). The largest absolute Gasteiger partial charge is 0.379 e. The van der Waals surface area contributed by atoms with Crippen LogP contribution in [0.4, 0.5) is 10.1 Å². The third-order valence-corrected chi connectivity index (χ3v) is 3.99. The fourth-order valence-corrected chi connectivity index (χ4v) is 2.59. The predicted molar refractivity (Wildman–Crippen MR) is 95.9 cm³/mol. The van der Waals surface area contributed by atoms with Crippen molar-refractivity contribution in [3.8, 4) is 0 Å². The normalized spacial score (nSPS) is 16.2. The molecule has 0 unspecified atom stereocenters. The molecule has 7 heteroatoms. The van der Waals surface area contributed by atoms with Crippen LogP contribution in [0.3, 0.4) is 0 Å². The van der Waals surface area contributed by atoms with Crippen LogP contribution >= 0.6 is 0 Å². The fourth-order valence-electron chi connectivity index (χ4n) is 2.59. The molecule has 0 saturated carbocycles. The summed E-state index contributed by atoms with van der Waals surface area (Å²) in [7, 11) is 3.63. The Morgan fingerprint density at radius 1 is 1.38 bits per heavy atom. The van der Waals surface area contributed by atoms with Crippen molar-refractivity contribution in [3.63, 3.8) is 0 Å². The Morgan fingerprint density at radius 2 is 2.12 bits per heavy atom. The molecule has 24 heavy (non-hydrogen) atoms. The van der Waals surface area contributed by atoms with Gasteiger partial charge >= 0.3 is 0 Å². The zero-order chi connectivity index (χ0) is 17.4. The lowest BCUT2D eigenvalue weighted by Gasteiger charge is -2.26. The fraction of sp³-hybridized carbons (Fsp3) is 0.588. The second kappa shape index (κ2) is 9.44. The number of benzene rings is 1. The van der Waals surface area contributed by atoms with Gasteiger partial charge in [-0.05, 0) is 30.7 Å². The van der Waals surface area contributed by atoms with Crippen molar-refractivity contribution in [1.82, 2.24) is 10.2 Å². The van der Waals surface area contributed by atoms with Crippen molar-refractivity contribution in [2.45, 2.75) is 13.0 Å². The second-order valence-corrected chi connectivity index (χ2v) is 6.12. The summed E-state index contributed by atoms with van der Waals surface area (Å²) < 4.78 is 19.2. The van der Waals surface area contributed by atoms with Crippen LogP contribution in [-0.4, -0.2) is 64.3 Å². The monoisotopic (exact) mass is 337 g/mol. The van der Waals surface area contributed by atoms with E-state index in [0.717, 1.165) is 51.4 Å². The van der Waals surface area contributed by atoms with Crippen LogP contribution in [-0.2, 0) is 11.3 Å². The summed E-state index contributed by atoms with van der Waals surface area (Å²) in [5, 5.41) is 3.10. The van der Waals surface area contributed by atoms with Crippen molar-refractivity contribution in [2.75, 3.05) is 58.4 Å². The Hall–Kier alpha value is -1.86. The van der Waals surface area contributed by atoms with Gasteiger partial charge in [0.15, 0.2) is 5.96 Å². The summed E-state index contributed by atoms with van der Waals surface area (Å²) >= 11 is 0. The Morgan fingerprint density at radius 3 is 2.79 bits per heavy atom. The molecule has 1 saturated heterocycles. The standard InChI is InChI=1S/C17H28FN5O/c1-22(2)16-5-4-14(12-15(16)18)13-21-17(19)20-6-3-7-23-8-10-24-11-9-23/h4-5,12H,3,6-11,13H2,1-2H3,(H3,19,20,21). The highest BCUT2D eigenvalue weighted by Gasteiger charge is 2.09. The maximum Gasteiger partial charge on any atom is 0.188 e. The van der Waals surface area contributed by atoms with Gasteiger partial charge in [-0.3, -0.25) is 4.90 Å². The summed E-state index contributed by atoms with van der Waals surface area (Å²) in [5.74, 6) is 0.152. The van der Waals surface area contributed by atoms with E-state index in [4.69, 9.17) is 10.5 Å². The first-order chi connectivity index (χ1) is 11.6. The molecule has 0 atom stereocenters. The number of guanidine groups is 1. The van der Waals surface area contributed by atoms with Crippen LogP contribution in [0.15, 0.2) is 23.2 Å². The summed E-state index contributed by atoms with van der Waals surface area (Å²) in [6.45, 7) is 5.81. The van der Waals surface area contributed by atoms with E-state index in [-0.39, 0.29) is 5.82 Å². The van der Waals surface area contributed by atoms with Crippen molar-refractivity contribution >= 4 is 11.6 Å². The van der Waals surface area contributed by atoms with E-state index in [1.165, 1.54) is 6.07 Å². The van der Waals surface area contributed by atoms with E-state index in [0.29, 0.717) is 18.2 Å². The lowest BCUT2D eigenvalue weighted by molar-refractivity contribution is 0.0376. The van der Waals surface area contributed by atoms with E-state index in [1.807, 2.05) is 20.2 Å². The van der Waals surface area contributed by atoms with Gasteiger partial charge in [-0.15, -0.1) is 0 Å². The second-order valence-electron chi connectivity index (χ2n) is 6.12. The summed E-state index contributed by atoms with van der Waals surface area (Å²) in [6.07, 6.45) is 1.00. The average molecular weight is 337 g/mol. The van der Waals surface area contributed by atoms with Crippen molar-refractivity contribution in [3.05, 3.63) is 29.6 Å². The Bertz CT molecular complexity index is 544. The number of morpholine rings is 1. The highest BCUT2D eigenvalue weighted by atomic mass is 19.1. The van der Waals surface area contributed by atoms with Crippen molar-refractivity contribution in [2.24, 2.45) is 10.7 Å². The molecule has 0 bridgehead atoms. The number of ether oxygens (including phenoxy) is 1. The number of halogens is 1. The number of nitrogens with zero attached hydrogens (tertiary/aromatic N) is 3. The molecule has 1 aliphatic heterocycles. The first kappa shape index (κ1) is 18.5. The Balaban J connectivity index is 1.70. The van der Waals surface area contributed by atoms with Gasteiger partial charge in [-0.2, -0.15) is 0 Å². The summed E-state index contributed by atoms with van der Waals surface area (Å²) in [4.78, 5) is 8.39. The first-order valence-electron chi connectivity index (χ1n) is 8.36. The van der Waals surface area contributed by atoms with E-state index in [9.17, 15) is 4.39 Å². The molecule has 3 N–H and O–H groups in total. The minimum atomic E-state index is -0.246. The van der Waals surface area contributed by atoms with Crippen LogP contribution in [0, 0.1) is 5.82 Å². The lowest BCUT2D eigenvalue weighted by Crippen LogP contribution is -2.39. The van der Waals surface area contributed by atoms with E-state index in [2.05, 4.69) is 15.2 Å². The minimum Gasteiger partial charge on any atom is -0.379 e. The van der Waals surface area contributed by atoms with Crippen LogP contribution in [0.1, 0.15) is 12.0 Å². The molecule has 0 radical (unpaired) electrons. The lowest BCUT2D eigenvalue weighted by atomic mass is 10.2. The molecule has 0 aromatic heterocycles. The molecule has 1 aromatic rings. The Kier molecular flexibility index (Phi) is 7.27. The van der Waals surface area contributed by atoms with Gasteiger partial charge in [0.2, 0.25) is 0 Å². The molecule has 0 amide bonds. The van der Waals surface area contributed by atoms with Gasteiger partial charge < -0.3 is 20.7 Å². The number of hydrogen-bond donors (Lipinski definition) is 2. The zero-order valence-corrected chi connectivity index (χ0v) is 14.6. The predicted octanol–water partition coefficient (Wildman–Crippen LogP) is 1.02. The quantitative estimate of drug-likeness (QED) is 0.442. The van der Waals surface area contributed by atoms with Gasteiger partial charge in [0.25, 0.3) is 0 Å². The third-order valence-electron chi connectivity index (χ3n) is 3.99.